The molecule has 0 aromatic heterocycles. The molecule has 1 heterocycles. The van der Waals surface area contributed by atoms with E-state index in [9.17, 15) is 9.59 Å². The van der Waals surface area contributed by atoms with Crippen molar-refractivity contribution >= 4 is 11.8 Å². The molecule has 108 valence electrons. The van der Waals surface area contributed by atoms with Crippen LogP contribution in [0.3, 0.4) is 0 Å². The molecule has 1 fully saturated rings. The smallest absolute Gasteiger partial charge is 0.227 e. The molecule has 4 nitrogen and oxygen atoms in total. The van der Waals surface area contributed by atoms with Crippen LogP contribution in [0.25, 0.3) is 0 Å². The zero-order valence-electron chi connectivity index (χ0n) is 12.3. The van der Waals surface area contributed by atoms with Gasteiger partial charge in [0.1, 0.15) is 0 Å². The predicted octanol–water partition coefficient (Wildman–Crippen LogP) is 1.62. The van der Waals surface area contributed by atoms with Crippen LogP contribution in [-0.2, 0) is 16.0 Å². The summed E-state index contributed by atoms with van der Waals surface area (Å²) in [5.74, 6) is 0.249. The second-order valence-corrected chi connectivity index (χ2v) is 5.41. The van der Waals surface area contributed by atoms with Crippen LogP contribution < -0.4 is 0 Å². The van der Waals surface area contributed by atoms with Crippen LogP contribution in [-0.4, -0.2) is 47.8 Å². The maximum absolute atomic E-state index is 12.3. The third-order valence-electron chi connectivity index (χ3n) is 3.73. The van der Waals surface area contributed by atoms with Crippen LogP contribution >= 0.6 is 0 Å². The first kappa shape index (κ1) is 14.6. The molecule has 1 aromatic carbocycles. The van der Waals surface area contributed by atoms with E-state index in [0.29, 0.717) is 19.5 Å². The second kappa shape index (κ2) is 6.55. The number of benzene rings is 1. The van der Waals surface area contributed by atoms with E-state index in [4.69, 9.17) is 0 Å². The number of carbonyl (C=O) groups excluding carboxylic acids is 2. The van der Waals surface area contributed by atoms with Crippen molar-refractivity contribution in [2.24, 2.45) is 0 Å². The molecule has 1 aliphatic heterocycles. The van der Waals surface area contributed by atoms with E-state index in [1.165, 1.54) is 5.56 Å². The fourth-order valence-electron chi connectivity index (χ4n) is 2.59. The highest BCUT2D eigenvalue weighted by Crippen LogP contribution is 2.09. The van der Waals surface area contributed by atoms with E-state index in [0.717, 1.165) is 25.1 Å². The molecule has 4 heteroatoms. The number of hydrogen-bond donors (Lipinski definition) is 0. The molecule has 1 saturated heterocycles. The molecular formula is C16H22N2O2. The lowest BCUT2D eigenvalue weighted by Gasteiger charge is -2.21. The van der Waals surface area contributed by atoms with Crippen LogP contribution in [0, 0.1) is 6.92 Å². The maximum atomic E-state index is 12.3. The van der Waals surface area contributed by atoms with Gasteiger partial charge in [0.25, 0.3) is 0 Å². The van der Waals surface area contributed by atoms with Gasteiger partial charge in [-0.3, -0.25) is 9.59 Å². The summed E-state index contributed by atoms with van der Waals surface area (Å²) in [6.07, 6.45) is 1.31. The van der Waals surface area contributed by atoms with Crippen molar-refractivity contribution in [3.05, 3.63) is 35.4 Å². The van der Waals surface area contributed by atoms with Gasteiger partial charge in [-0.05, 0) is 18.9 Å². The van der Waals surface area contributed by atoms with Crippen molar-refractivity contribution in [1.82, 2.24) is 9.80 Å². The number of nitrogens with zero attached hydrogens (tertiary/aromatic N) is 2. The summed E-state index contributed by atoms with van der Waals surface area (Å²) in [6, 6.07) is 8.06. The fraction of sp³-hybridized carbons (Fsp3) is 0.500. The van der Waals surface area contributed by atoms with E-state index in [2.05, 4.69) is 6.07 Å². The predicted molar refractivity (Wildman–Crippen MR) is 78.3 cm³/mol. The zero-order valence-corrected chi connectivity index (χ0v) is 12.3. The lowest BCUT2D eigenvalue weighted by atomic mass is 10.1. The standard InChI is InChI=1S/C16H22N2O2/c1-13-5-3-6-15(11-13)12-16(20)18-8-4-7-17(9-10-18)14(2)19/h3,5-6,11H,4,7-10,12H2,1-2H3. The van der Waals surface area contributed by atoms with E-state index >= 15 is 0 Å². The largest absolute Gasteiger partial charge is 0.341 e. The Hall–Kier alpha value is -1.84. The molecule has 2 rings (SSSR count). The lowest BCUT2D eigenvalue weighted by Crippen LogP contribution is -2.37. The van der Waals surface area contributed by atoms with Crippen LogP contribution in [0.15, 0.2) is 24.3 Å². The summed E-state index contributed by atoms with van der Waals surface area (Å²) < 4.78 is 0. The Morgan fingerprint density at radius 3 is 2.50 bits per heavy atom. The number of aryl methyl sites for hydroxylation is 1. The van der Waals surface area contributed by atoms with Crippen molar-refractivity contribution in [1.29, 1.82) is 0 Å². The topological polar surface area (TPSA) is 40.6 Å². The van der Waals surface area contributed by atoms with Gasteiger partial charge >= 0.3 is 0 Å². The zero-order chi connectivity index (χ0) is 14.5. The molecular weight excluding hydrogens is 252 g/mol. The highest BCUT2D eigenvalue weighted by Gasteiger charge is 2.20. The van der Waals surface area contributed by atoms with Gasteiger partial charge in [-0.25, -0.2) is 0 Å². The normalized spacial score (nSPS) is 15.9. The third-order valence-corrected chi connectivity index (χ3v) is 3.73. The number of hydrogen-bond acceptors (Lipinski definition) is 2. The fourth-order valence-corrected chi connectivity index (χ4v) is 2.59. The van der Waals surface area contributed by atoms with Crippen molar-refractivity contribution in [3.63, 3.8) is 0 Å². The summed E-state index contributed by atoms with van der Waals surface area (Å²) in [5.41, 5.74) is 2.23. The van der Waals surface area contributed by atoms with Gasteiger partial charge in [-0.15, -0.1) is 0 Å². The monoisotopic (exact) mass is 274 g/mol. The van der Waals surface area contributed by atoms with Gasteiger partial charge in [0.05, 0.1) is 6.42 Å². The number of rotatable bonds is 2. The molecule has 2 amide bonds. The van der Waals surface area contributed by atoms with E-state index in [1.807, 2.05) is 34.9 Å². The second-order valence-electron chi connectivity index (χ2n) is 5.41. The lowest BCUT2D eigenvalue weighted by molar-refractivity contribution is -0.132. The molecule has 0 radical (unpaired) electrons. The summed E-state index contributed by atoms with van der Waals surface area (Å²) in [4.78, 5) is 27.4. The van der Waals surface area contributed by atoms with Gasteiger partial charge in [-0.1, -0.05) is 29.8 Å². The third kappa shape index (κ3) is 3.83. The molecule has 0 aliphatic carbocycles. The van der Waals surface area contributed by atoms with E-state index < -0.39 is 0 Å². The Bertz CT molecular complexity index is 499. The van der Waals surface area contributed by atoms with Crippen LogP contribution in [0.1, 0.15) is 24.5 Å². The van der Waals surface area contributed by atoms with Crippen molar-refractivity contribution in [2.45, 2.75) is 26.7 Å². The van der Waals surface area contributed by atoms with E-state index in [1.54, 1.807) is 6.92 Å². The maximum Gasteiger partial charge on any atom is 0.227 e. The minimum atomic E-state index is 0.0954. The average Bonchev–Trinajstić information content (AvgIpc) is 2.64. The first-order chi connectivity index (χ1) is 9.56. The first-order valence-corrected chi connectivity index (χ1v) is 7.15. The Kier molecular flexibility index (Phi) is 4.77. The molecule has 0 atom stereocenters. The van der Waals surface area contributed by atoms with E-state index in [-0.39, 0.29) is 11.8 Å². The van der Waals surface area contributed by atoms with Gasteiger partial charge < -0.3 is 9.80 Å². The molecule has 0 spiro atoms. The quantitative estimate of drug-likeness (QED) is 0.822. The minimum absolute atomic E-state index is 0.0954. The molecule has 1 aliphatic rings. The van der Waals surface area contributed by atoms with Crippen LogP contribution in [0.4, 0.5) is 0 Å². The Morgan fingerprint density at radius 2 is 1.80 bits per heavy atom. The molecule has 0 unspecified atom stereocenters. The number of carbonyl (C=O) groups is 2. The van der Waals surface area contributed by atoms with Gasteiger partial charge in [-0.2, -0.15) is 0 Å². The van der Waals surface area contributed by atoms with Crippen molar-refractivity contribution in [2.75, 3.05) is 26.2 Å². The SMILES string of the molecule is CC(=O)N1CCCN(C(=O)Cc2cccc(C)c2)CC1. The highest BCUT2D eigenvalue weighted by molar-refractivity contribution is 5.79. The van der Waals surface area contributed by atoms with Crippen molar-refractivity contribution in [3.8, 4) is 0 Å². The first-order valence-electron chi connectivity index (χ1n) is 7.15. The molecule has 1 aromatic rings. The van der Waals surface area contributed by atoms with Gasteiger partial charge in [0.2, 0.25) is 11.8 Å². The molecule has 0 saturated carbocycles. The summed E-state index contributed by atoms with van der Waals surface area (Å²) >= 11 is 0. The summed E-state index contributed by atoms with van der Waals surface area (Å²) in [6.45, 7) is 6.41. The Balaban J connectivity index is 1.94. The highest BCUT2D eigenvalue weighted by atomic mass is 16.2. The summed E-state index contributed by atoms with van der Waals surface area (Å²) in [5, 5.41) is 0. The molecule has 20 heavy (non-hydrogen) atoms. The van der Waals surface area contributed by atoms with Crippen LogP contribution in [0.5, 0.6) is 0 Å². The van der Waals surface area contributed by atoms with Gasteiger partial charge in [0.15, 0.2) is 0 Å². The molecule has 0 bridgehead atoms. The van der Waals surface area contributed by atoms with Gasteiger partial charge in [0, 0.05) is 33.1 Å². The van der Waals surface area contributed by atoms with Crippen molar-refractivity contribution < 1.29 is 9.59 Å². The summed E-state index contributed by atoms with van der Waals surface area (Å²) in [7, 11) is 0. The Morgan fingerprint density at radius 1 is 1.10 bits per heavy atom. The minimum Gasteiger partial charge on any atom is -0.341 e. The van der Waals surface area contributed by atoms with Crippen LogP contribution in [0.2, 0.25) is 0 Å². The molecule has 0 N–H and O–H groups in total. The average molecular weight is 274 g/mol. The number of amides is 2. The Labute approximate surface area is 120 Å².